The van der Waals surface area contributed by atoms with Crippen molar-refractivity contribution in [3.05, 3.63) is 0 Å². The number of hydrogen-bond acceptors (Lipinski definition) is 3. The lowest BCUT2D eigenvalue weighted by Crippen LogP contribution is -2.68. The molecule has 0 aromatic heterocycles. The first-order valence-electron chi connectivity index (χ1n) is 8.43. The van der Waals surface area contributed by atoms with E-state index >= 15 is 0 Å². The van der Waals surface area contributed by atoms with Crippen LogP contribution in [0.25, 0.3) is 0 Å². The molecule has 2 fully saturated rings. The highest BCUT2D eigenvalue weighted by molar-refractivity contribution is 14.0. The van der Waals surface area contributed by atoms with Crippen LogP contribution in [0.4, 0.5) is 0 Å². The fourth-order valence-electron chi connectivity index (χ4n) is 3.85. The summed E-state index contributed by atoms with van der Waals surface area (Å²) in [7, 11) is 3.65. The van der Waals surface area contributed by atoms with E-state index in [0.29, 0.717) is 18.1 Å². The van der Waals surface area contributed by atoms with Crippen LogP contribution in [0, 0.1) is 11.3 Å². The highest BCUT2D eigenvalue weighted by Crippen LogP contribution is 2.52. The van der Waals surface area contributed by atoms with E-state index in [9.17, 15) is 4.79 Å². The lowest BCUT2D eigenvalue weighted by Gasteiger charge is -2.55. The largest absolute Gasteiger partial charge is 0.377 e. The van der Waals surface area contributed by atoms with Gasteiger partial charge < -0.3 is 20.3 Å². The third kappa shape index (κ3) is 4.53. The maximum atomic E-state index is 12.1. The maximum Gasteiger partial charge on any atom is 0.240 e. The summed E-state index contributed by atoms with van der Waals surface area (Å²) in [5, 5.41) is 6.53. The number of halogens is 1. The Balaban J connectivity index is 0.00000288. The normalized spacial score (nSPS) is 28.3. The van der Waals surface area contributed by atoms with Crippen molar-refractivity contribution in [2.45, 2.75) is 58.7 Å². The smallest absolute Gasteiger partial charge is 0.240 e. The van der Waals surface area contributed by atoms with Crippen molar-refractivity contribution in [2.75, 3.05) is 27.2 Å². The van der Waals surface area contributed by atoms with E-state index in [2.05, 4.69) is 29.5 Å². The van der Waals surface area contributed by atoms with Gasteiger partial charge in [0.1, 0.15) is 0 Å². The van der Waals surface area contributed by atoms with Gasteiger partial charge in [-0.15, -0.1) is 24.0 Å². The summed E-state index contributed by atoms with van der Waals surface area (Å²) in [6.45, 7) is 11.5. The second-order valence-corrected chi connectivity index (χ2v) is 8.39. The lowest BCUT2D eigenvalue weighted by atomic mass is 9.57. The van der Waals surface area contributed by atoms with Gasteiger partial charge in [0.15, 0.2) is 5.96 Å². The van der Waals surface area contributed by atoms with Gasteiger partial charge in [-0.05, 0) is 27.2 Å². The number of ether oxygens (including phenoxy) is 1. The number of carbonyl (C=O) groups excluding carboxylic acids is 1. The van der Waals surface area contributed by atoms with Crippen molar-refractivity contribution < 1.29 is 9.53 Å². The zero-order valence-corrected chi connectivity index (χ0v) is 18.3. The van der Waals surface area contributed by atoms with Crippen LogP contribution in [0.15, 0.2) is 4.99 Å². The molecular formula is C17H33IN4O2. The number of amides is 1. The van der Waals surface area contributed by atoms with Crippen LogP contribution in [0.5, 0.6) is 0 Å². The number of fused-ring (bicyclic) bond motifs is 1. The van der Waals surface area contributed by atoms with Crippen LogP contribution in [-0.2, 0) is 9.53 Å². The summed E-state index contributed by atoms with van der Waals surface area (Å²) in [5.74, 6) is 1.30. The average Bonchev–Trinajstić information content (AvgIpc) is 2.83. The first-order valence-corrected chi connectivity index (χ1v) is 8.43. The molecule has 1 aliphatic carbocycles. The van der Waals surface area contributed by atoms with Crippen molar-refractivity contribution >= 4 is 35.8 Å². The second kappa shape index (κ2) is 7.76. The van der Waals surface area contributed by atoms with Crippen molar-refractivity contribution in [1.29, 1.82) is 0 Å². The number of nitrogens with one attached hydrogen (secondary N) is 2. The highest BCUT2D eigenvalue weighted by atomic mass is 127. The molecule has 1 saturated carbocycles. The number of nitrogens with zero attached hydrogens (tertiary/aromatic N) is 2. The Morgan fingerprint density at radius 1 is 1.38 bits per heavy atom. The van der Waals surface area contributed by atoms with E-state index in [-0.39, 0.29) is 47.4 Å². The van der Waals surface area contributed by atoms with Crippen LogP contribution < -0.4 is 10.6 Å². The molecule has 0 aromatic rings. The van der Waals surface area contributed by atoms with Gasteiger partial charge >= 0.3 is 0 Å². The minimum Gasteiger partial charge on any atom is -0.377 e. The molecule has 140 valence electrons. The van der Waals surface area contributed by atoms with Crippen molar-refractivity contribution in [3.8, 4) is 0 Å². The molecule has 2 aliphatic rings. The summed E-state index contributed by atoms with van der Waals surface area (Å²) in [6, 6.07) is 0.335. The average molecular weight is 452 g/mol. The Morgan fingerprint density at radius 3 is 2.54 bits per heavy atom. The van der Waals surface area contributed by atoms with Gasteiger partial charge in [0.25, 0.3) is 0 Å². The summed E-state index contributed by atoms with van der Waals surface area (Å²) in [5.41, 5.74) is -0.134. The quantitative estimate of drug-likeness (QED) is 0.390. The van der Waals surface area contributed by atoms with Gasteiger partial charge in [-0.1, -0.05) is 13.8 Å². The fourth-order valence-corrected chi connectivity index (χ4v) is 3.85. The number of rotatable bonds is 3. The molecule has 1 aliphatic heterocycles. The van der Waals surface area contributed by atoms with Crippen molar-refractivity contribution in [2.24, 2.45) is 16.3 Å². The Bertz CT molecular complexity index is 487. The molecule has 2 N–H and O–H groups in total. The Kier molecular flexibility index (Phi) is 6.94. The molecule has 7 heteroatoms. The van der Waals surface area contributed by atoms with E-state index in [1.54, 1.807) is 7.05 Å². The zero-order valence-electron chi connectivity index (χ0n) is 16.0. The van der Waals surface area contributed by atoms with Crippen LogP contribution in [0.2, 0.25) is 0 Å². The van der Waals surface area contributed by atoms with Gasteiger partial charge in [0.2, 0.25) is 5.91 Å². The van der Waals surface area contributed by atoms with E-state index in [0.717, 1.165) is 19.0 Å². The molecule has 1 heterocycles. The van der Waals surface area contributed by atoms with Crippen molar-refractivity contribution in [1.82, 2.24) is 15.5 Å². The minimum absolute atomic E-state index is 0. The summed E-state index contributed by atoms with van der Waals surface area (Å²) >= 11 is 0. The molecule has 2 rings (SSSR count). The predicted molar refractivity (Wildman–Crippen MR) is 108 cm³/mol. The molecule has 1 saturated heterocycles. The van der Waals surface area contributed by atoms with E-state index in [4.69, 9.17) is 4.74 Å². The number of aliphatic imine (C=N–C) groups is 1. The number of carbonyl (C=O) groups is 1. The maximum absolute atomic E-state index is 12.1. The number of guanidine groups is 1. The summed E-state index contributed by atoms with van der Waals surface area (Å²) in [4.78, 5) is 18.3. The summed E-state index contributed by atoms with van der Waals surface area (Å²) < 4.78 is 5.83. The van der Waals surface area contributed by atoms with Gasteiger partial charge in [-0.2, -0.15) is 0 Å². The Morgan fingerprint density at radius 2 is 2.00 bits per heavy atom. The Labute approximate surface area is 163 Å². The molecule has 1 amide bonds. The van der Waals surface area contributed by atoms with Gasteiger partial charge in [-0.25, -0.2) is 0 Å². The van der Waals surface area contributed by atoms with Crippen LogP contribution in [0.1, 0.15) is 41.0 Å². The fraction of sp³-hybridized carbons (Fsp3) is 0.882. The van der Waals surface area contributed by atoms with E-state index < -0.39 is 0 Å². The number of likely N-dealkylation sites (N-methyl/N-ethyl adjacent to an activating group) is 1. The second-order valence-electron chi connectivity index (χ2n) is 8.39. The first kappa shape index (κ1) is 21.5. The van der Waals surface area contributed by atoms with Gasteiger partial charge in [-0.3, -0.25) is 9.79 Å². The molecular weight excluding hydrogens is 419 g/mol. The van der Waals surface area contributed by atoms with Crippen LogP contribution in [0.3, 0.4) is 0 Å². The predicted octanol–water partition coefficient (Wildman–Crippen LogP) is 1.84. The number of hydrogen-bond donors (Lipinski definition) is 2. The van der Waals surface area contributed by atoms with E-state index in [1.807, 2.05) is 32.7 Å². The molecule has 0 aromatic carbocycles. The molecule has 0 bridgehead atoms. The monoisotopic (exact) mass is 452 g/mol. The molecule has 6 nitrogen and oxygen atoms in total. The molecule has 0 spiro atoms. The van der Waals surface area contributed by atoms with E-state index in [1.165, 1.54) is 0 Å². The topological polar surface area (TPSA) is 66.0 Å². The van der Waals surface area contributed by atoms with Gasteiger partial charge in [0, 0.05) is 43.6 Å². The third-order valence-electron chi connectivity index (χ3n) is 4.85. The Hall–Kier alpha value is -0.570. The zero-order chi connectivity index (χ0) is 17.4. The SMILES string of the molecule is CN=C(NC1C2CCOC2C1(C)C)N(C)CC(=O)NC(C)(C)C.I. The lowest BCUT2D eigenvalue weighted by molar-refractivity contribution is -0.122. The third-order valence-corrected chi connectivity index (χ3v) is 4.85. The van der Waals surface area contributed by atoms with Crippen LogP contribution in [-0.4, -0.2) is 61.7 Å². The molecule has 0 radical (unpaired) electrons. The molecule has 3 atom stereocenters. The van der Waals surface area contributed by atoms with Crippen molar-refractivity contribution in [3.63, 3.8) is 0 Å². The molecule has 3 unspecified atom stereocenters. The first-order chi connectivity index (χ1) is 10.6. The highest BCUT2D eigenvalue weighted by Gasteiger charge is 2.59. The van der Waals surface area contributed by atoms with Gasteiger partial charge in [0.05, 0.1) is 12.6 Å². The van der Waals surface area contributed by atoms with Crippen LogP contribution >= 0.6 is 24.0 Å². The molecule has 24 heavy (non-hydrogen) atoms. The minimum atomic E-state index is -0.223. The summed E-state index contributed by atoms with van der Waals surface area (Å²) in [6.07, 6.45) is 1.43. The standard InChI is InChI=1S/C17H32N4O2.HI/c1-16(2,3)20-12(22)10-21(7)15(18-6)19-13-11-8-9-23-14(11)17(13,4)5;/h11,13-14H,8-10H2,1-7H3,(H,18,19)(H,20,22);1H.